The first-order chi connectivity index (χ1) is 29.9. The number of nitrogens with zero attached hydrogens (tertiary/aromatic N) is 7. The number of carbonyl (C=O) groups is 1. The highest BCUT2D eigenvalue weighted by Gasteiger charge is 2.30. The average Bonchev–Trinajstić information content (AvgIpc) is 3.65. The predicted octanol–water partition coefficient (Wildman–Crippen LogP) is 7.46. The van der Waals surface area contributed by atoms with Crippen LogP contribution in [0.5, 0.6) is 11.5 Å². The summed E-state index contributed by atoms with van der Waals surface area (Å²) in [7, 11) is -3.17. The van der Waals surface area contributed by atoms with Gasteiger partial charge in [-0.25, -0.2) is 32.2 Å². The molecule has 1 amide bonds. The molecule has 324 valence electrons. The van der Waals surface area contributed by atoms with Crippen molar-refractivity contribution in [3.05, 3.63) is 108 Å². The Morgan fingerprint density at radius 3 is 2.35 bits per heavy atom. The Balaban J connectivity index is 1.05. The van der Waals surface area contributed by atoms with Gasteiger partial charge in [-0.05, 0) is 94.3 Å². The van der Waals surface area contributed by atoms with Gasteiger partial charge in [-0.1, -0.05) is 12.1 Å². The Bertz CT molecular complexity index is 2680. The second-order valence-electron chi connectivity index (χ2n) is 15.6. The summed E-state index contributed by atoms with van der Waals surface area (Å²) in [6.07, 6.45) is 6.46. The molecule has 2 aliphatic rings. The van der Waals surface area contributed by atoms with Crippen LogP contribution in [0.2, 0.25) is 0 Å². The van der Waals surface area contributed by atoms with E-state index in [4.69, 9.17) is 19.4 Å². The summed E-state index contributed by atoms with van der Waals surface area (Å²) < 4.78 is 68.8. The van der Waals surface area contributed by atoms with E-state index in [9.17, 15) is 22.0 Å². The Morgan fingerprint density at radius 1 is 0.887 bits per heavy atom. The largest absolute Gasteiger partial charge is 0.492 e. The topological polar surface area (TPSA) is 147 Å². The number of aromatic nitrogens is 4. The predicted molar refractivity (Wildman–Crippen MR) is 236 cm³/mol. The number of piperazine rings is 1. The molecule has 2 aliphatic heterocycles. The van der Waals surface area contributed by atoms with Gasteiger partial charge >= 0.3 is 0 Å². The summed E-state index contributed by atoms with van der Waals surface area (Å²) in [6, 6.07) is 22.2. The molecule has 3 aromatic heterocycles. The lowest BCUT2D eigenvalue weighted by Crippen LogP contribution is -2.54. The van der Waals surface area contributed by atoms with E-state index in [2.05, 4.69) is 31.5 Å². The highest BCUT2D eigenvalue weighted by Crippen LogP contribution is 2.37. The van der Waals surface area contributed by atoms with Crippen molar-refractivity contribution in [2.45, 2.75) is 45.8 Å². The van der Waals surface area contributed by atoms with E-state index >= 15 is 0 Å². The summed E-state index contributed by atoms with van der Waals surface area (Å²) >= 11 is 0. The number of nitrogens with one attached hydrogen (secondary N) is 2. The maximum absolute atomic E-state index is 14.6. The number of amides is 1. The minimum absolute atomic E-state index is 0.0631. The van der Waals surface area contributed by atoms with Crippen LogP contribution in [-0.2, 0) is 10.0 Å². The van der Waals surface area contributed by atoms with Gasteiger partial charge in [-0.3, -0.25) is 14.1 Å². The number of benzene rings is 3. The van der Waals surface area contributed by atoms with Gasteiger partial charge in [0.25, 0.3) is 5.91 Å². The second-order valence-corrected chi connectivity index (χ2v) is 17.6. The lowest BCUT2D eigenvalue weighted by atomic mass is 10.0. The van der Waals surface area contributed by atoms with Crippen LogP contribution >= 0.6 is 0 Å². The van der Waals surface area contributed by atoms with E-state index in [1.165, 1.54) is 12.3 Å². The van der Waals surface area contributed by atoms with Crippen molar-refractivity contribution < 1.29 is 31.5 Å². The first-order valence-corrected chi connectivity index (χ1v) is 22.6. The molecule has 2 fully saturated rings. The van der Waals surface area contributed by atoms with Crippen LogP contribution in [0.1, 0.15) is 44.0 Å². The van der Waals surface area contributed by atoms with Crippen LogP contribution in [0.25, 0.3) is 28.3 Å². The van der Waals surface area contributed by atoms with Crippen LogP contribution in [0.4, 0.5) is 31.8 Å². The van der Waals surface area contributed by atoms with Crippen molar-refractivity contribution >= 4 is 44.6 Å². The van der Waals surface area contributed by atoms with Gasteiger partial charge < -0.3 is 25.0 Å². The van der Waals surface area contributed by atoms with E-state index in [0.29, 0.717) is 71.4 Å². The summed E-state index contributed by atoms with van der Waals surface area (Å²) in [4.78, 5) is 33.0. The molecule has 8 rings (SSSR count). The SMILES string of the molecule is CCOc1cc(N2CCC(N3CCN(S(C)(=O)=O)CC3)CC2)ccc1Nc1nccc(-c2c(-c3ccc(OC(C)C)c(C(=O)Nc4c(F)cccc4F)c3)nc3ccccn23)n1. The van der Waals surface area contributed by atoms with Crippen molar-refractivity contribution in [1.29, 1.82) is 0 Å². The Morgan fingerprint density at radius 2 is 1.65 bits per heavy atom. The number of para-hydroxylation sites is 1. The molecular weight excluding hydrogens is 817 g/mol. The monoisotopic (exact) mass is 865 g/mol. The molecule has 62 heavy (non-hydrogen) atoms. The van der Waals surface area contributed by atoms with Crippen LogP contribution in [-0.4, -0.2) is 107 Å². The quantitative estimate of drug-likeness (QED) is 0.119. The summed E-state index contributed by atoms with van der Waals surface area (Å²) in [5.74, 6) is -1.36. The zero-order chi connectivity index (χ0) is 43.5. The minimum atomic E-state index is -3.17. The normalized spacial score (nSPS) is 15.6. The van der Waals surface area contributed by atoms with Gasteiger partial charge in [0.2, 0.25) is 16.0 Å². The third-order valence-electron chi connectivity index (χ3n) is 11.1. The highest BCUT2D eigenvalue weighted by atomic mass is 32.2. The number of halogens is 2. The maximum Gasteiger partial charge on any atom is 0.259 e. The molecule has 0 unspecified atom stereocenters. The summed E-state index contributed by atoms with van der Waals surface area (Å²) in [6.45, 7) is 10.3. The second kappa shape index (κ2) is 18.0. The van der Waals surface area contributed by atoms with E-state index in [1.54, 1.807) is 34.8 Å². The number of fused-ring (bicyclic) bond motifs is 1. The van der Waals surface area contributed by atoms with Crippen LogP contribution in [0.3, 0.4) is 0 Å². The fraction of sp³-hybridized carbons (Fsp3) is 0.333. The minimum Gasteiger partial charge on any atom is -0.492 e. The number of ether oxygens (including phenoxy) is 2. The van der Waals surface area contributed by atoms with Crippen LogP contribution in [0, 0.1) is 11.6 Å². The first-order valence-electron chi connectivity index (χ1n) is 20.7. The summed E-state index contributed by atoms with van der Waals surface area (Å²) in [5, 5.41) is 5.75. The van der Waals surface area contributed by atoms with Crippen LogP contribution < -0.4 is 25.0 Å². The van der Waals surface area contributed by atoms with Crippen molar-refractivity contribution in [3.63, 3.8) is 0 Å². The fourth-order valence-corrected chi connectivity index (χ4v) is 8.92. The molecule has 6 aromatic rings. The number of hydrogen-bond donors (Lipinski definition) is 2. The molecule has 2 N–H and O–H groups in total. The molecule has 17 heteroatoms. The Kier molecular flexibility index (Phi) is 12.4. The third-order valence-corrected chi connectivity index (χ3v) is 12.4. The molecule has 0 atom stereocenters. The number of imidazole rings is 1. The molecule has 5 heterocycles. The molecule has 0 radical (unpaired) electrons. The number of hydrogen-bond acceptors (Lipinski definition) is 11. The molecule has 14 nitrogen and oxygen atoms in total. The standard InChI is InChI=1S/C45H49F2N9O5S/c1-5-60-39-28-32(53-21-17-31(18-22-53)54-23-25-55(26-24-54)62(4,58)59)13-14-36(39)49-45-48-19-16-37(50-45)43-41(51-40-11-6-7-20-56(40)43)30-12-15-38(61-29(2)3)33(27-30)44(57)52-42-34(46)9-8-10-35(42)47/h6-16,19-20,27-29,31H,5,17-18,21-26H2,1-4H3,(H,52,57)(H,48,49,50). The number of carbonyl (C=O) groups excluding carboxylic acids is 1. The molecule has 0 spiro atoms. The third kappa shape index (κ3) is 9.19. The Labute approximate surface area is 359 Å². The van der Waals surface area contributed by atoms with Gasteiger partial charge in [0.1, 0.15) is 34.5 Å². The van der Waals surface area contributed by atoms with Crippen molar-refractivity contribution in [2.24, 2.45) is 0 Å². The number of anilines is 4. The maximum atomic E-state index is 14.6. The molecule has 0 saturated carbocycles. The molecule has 2 saturated heterocycles. The van der Waals surface area contributed by atoms with Gasteiger partial charge in [-0.2, -0.15) is 4.31 Å². The van der Waals surface area contributed by atoms with E-state index < -0.39 is 33.3 Å². The smallest absolute Gasteiger partial charge is 0.259 e. The number of pyridine rings is 1. The van der Waals surface area contributed by atoms with Crippen LogP contribution in [0.15, 0.2) is 91.3 Å². The van der Waals surface area contributed by atoms with Gasteiger partial charge in [0.15, 0.2) is 0 Å². The molecule has 3 aromatic carbocycles. The van der Waals surface area contributed by atoms with Crippen molar-refractivity contribution in [2.75, 3.05) is 67.7 Å². The lowest BCUT2D eigenvalue weighted by Gasteiger charge is -2.42. The van der Waals surface area contributed by atoms with Crippen molar-refractivity contribution in [3.8, 4) is 34.1 Å². The highest BCUT2D eigenvalue weighted by molar-refractivity contribution is 7.88. The zero-order valence-electron chi connectivity index (χ0n) is 35.0. The summed E-state index contributed by atoms with van der Waals surface area (Å²) in [5.41, 5.74) is 4.06. The van der Waals surface area contributed by atoms with Gasteiger partial charge in [0, 0.05) is 75.0 Å². The number of rotatable bonds is 13. The van der Waals surface area contributed by atoms with Crippen molar-refractivity contribution in [1.82, 2.24) is 28.6 Å². The molecular formula is C45H49F2N9O5S. The van der Waals surface area contributed by atoms with E-state index in [1.807, 2.05) is 61.7 Å². The lowest BCUT2D eigenvalue weighted by molar-refractivity contribution is 0.102. The number of piperidine rings is 1. The van der Waals surface area contributed by atoms with Gasteiger partial charge in [0.05, 0.1) is 47.3 Å². The first kappa shape index (κ1) is 42.5. The van der Waals surface area contributed by atoms with E-state index in [0.717, 1.165) is 56.8 Å². The fourth-order valence-electron chi connectivity index (χ4n) is 8.10. The van der Waals surface area contributed by atoms with Gasteiger partial charge in [-0.15, -0.1) is 0 Å². The molecule has 0 bridgehead atoms. The number of sulfonamides is 1. The molecule has 0 aliphatic carbocycles. The Hall–Kier alpha value is -6.17. The zero-order valence-corrected chi connectivity index (χ0v) is 35.8. The van der Waals surface area contributed by atoms with E-state index in [-0.39, 0.29) is 17.4 Å². The average molecular weight is 866 g/mol.